The molecule has 0 N–H and O–H groups in total. The average molecular weight is 425 g/mol. The van der Waals surface area contributed by atoms with Crippen molar-refractivity contribution >= 4 is 17.7 Å². The molecule has 154 valence electrons. The van der Waals surface area contributed by atoms with Gasteiger partial charge in [-0.3, -0.25) is 4.79 Å². The van der Waals surface area contributed by atoms with E-state index in [0.717, 1.165) is 11.1 Å². The fourth-order valence-electron chi connectivity index (χ4n) is 3.34. The number of thioether (sulfide) groups is 1. The smallest absolute Gasteiger partial charge is 0.277 e. The first-order chi connectivity index (χ1) is 14.8. The van der Waals surface area contributed by atoms with Crippen molar-refractivity contribution in [2.24, 2.45) is 0 Å². The molecule has 0 saturated carbocycles. The van der Waals surface area contributed by atoms with E-state index in [1.54, 1.807) is 6.07 Å². The molecule has 2 aliphatic rings. The summed E-state index contributed by atoms with van der Waals surface area (Å²) >= 11 is 1.26. The van der Waals surface area contributed by atoms with Crippen LogP contribution in [0.2, 0.25) is 0 Å². The van der Waals surface area contributed by atoms with E-state index in [-0.39, 0.29) is 12.7 Å². The van der Waals surface area contributed by atoms with Gasteiger partial charge in [-0.2, -0.15) is 0 Å². The fourth-order valence-corrected chi connectivity index (χ4v) is 4.30. The lowest BCUT2D eigenvalue weighted by Crippen LogP contribution is -2.42. The molecule has 5 rings (SSSR count). The highest BCUT2D eigenvalue weighted by molar-refractivity contribution is 8.00. The molecular weight excluding hydrogens is 406 g/mol. The summed E-state index contributed by atoms with van der Waals surface area (Å²) in [5.41, 5.74) is 1.62. The van der Waals surface area contributed by atoms with Crippen LogP contribution in [0, 0.1) is 0 Å². The van der Waals surface area contributed by atoms with Gasteiger partial charge in [-0.15, -0.1) is 10.2 Å². The number of hydrogen-bond donors (Lipinski definition) is 0. The third-order valence-corrected chi connectivity index (χ3v) is 5.97. The van der Waals surface area contributed by atoms with Gasteiger partial charge in [0.05, 0.1) is 13.2 Å². The Morgan fingerprint density at radius 2 is 1.80 bits per heavy atom. The summed E-state index contributed by atoms with van der Waals surface area (Å²) < 4.78 is 22.0. The van der Waals surface area contributed by atoms with Crippen LogP contribution in [0.3, 0.4) is 0 Å². The van der Waals surface area contributed by atoms with Gasteiger partial charge in [0, 0.05) is 18.7 Å². The minimum atomic E-state index is -0.477. The Bertz CT molecular complexity index is 1040. The second-order valence-electron chi connectivity index (χ2n) is 6.79. The van der Waals surface area contributed by atoms with Crippen LogP contribution in [0.15, 0.2) is 58.2 Å². The molecule has 3 heterocycles. The maximum atomic E-state index is 13.2. The third kappa shape index (κ3) is 3.86. The molecule has 0 radical (unpaired) electrons. The molecule has 1 atom stereocenters. The summed E-state index contributed by atoms with van der Waals surface area (Å²) in [5.74, 6) is 1.71. The first-order valence-electron chi connectivity index (χ1n) is 9.59. The Morgan fingerprint density at radius 3 is 2.63 bits per heavy atom. The summed E-state index contributed by atoms with van der Waals surface area (Å²) in [6.07, 6.45) is 0. The molecule has 30 heavy (non-hydrogen) atoms. The van der Waals surface area contributed by atoms with Crippen molar-refractivity contribution in [2.75, 3.05) is 33.1 Å². The summed E-state index contributed by atoms with van der Waals surface area (Å²) in [4.78, 5) is 15.1. The summed E-state index contributed by atoms with van der Waals surface area (Å²) in [6.45, 7) is 2.45. The van der Waals surface area contributed by atoms with Crippen LogP contribution in [0.4, 0.5) is 0 Å². The lowest BCUT2D eigenvalue weighted by atomic mass is 10.1. The minimum absolute atomic E-state index is 0.0114. The molecule has 1 aromatic heterocycles. The Morgan fingerprint density at radius 1 is 1.00 bits per heavy atom. The topological polar surface area (TPSA) is 86.9 Å². The van der Waals surface area contributed by atoms with Crippen molar-refractivity contribution in [3.05, 3.63) is 54.1 Å². The second kappa shape index (κ2) is 8.37. The maximum Gasteiger partial charge on any atom is 0.277 e. The van der Waals surface area contributed by atoms with Crippen LogP contribution in [0.25, 0.3) is 11.5 Å². The molecule has 1 unspecified atom stereocenters. The van der Waals surface area contributed by atoms with Gasteiger partial charge in [-0.25, -0.2) is 0 Å². The zero-order valence-corrected chi connectivity index (χ0v) is 16.8. The fraction of sp³-hybridized carbons (Fsp3) is 0.286. The van der Waals surface area contributed by atoms with Crippen molar-refractivity contribution < 1.29 is 23.4 Å². The zero-order chi connectivity index (χ0) is 20.3. The largest absolute Gasteiger partial charge is 0.454 e. The predicted octanol–water partition coefficient (Wildman–Crippen LogP) is 3.16. The van der Waals surface area contributed by atoms with Gasteiger partial charge >= 0.3 is 0 Å². The molecule has 2 aromatic carbocycles. The Hall–Kier alpha value is -3.04. The van der Waals surface area contributed by atoms with Gasteiger partial charge in [0.15, 0.2) is 11.5 Å². The number of aromatic nitrogens is 2. The Balaban J connectivity index is 1.39. The molecule has 8 nitrogen and oxygen atoms in total. The van der Waals surface area contributed by atoms with Crippen molar-refractivity contribution in [1.82, 2.24) is 15.1 Å². The average Bonchev–Trinajstić information content (AvgIpc) is 3.47. The first-order valence-corrected chi connectivity index (χ1v) is 10.5. The van der Waals surface area contributed by atoms with E-state index >= 15 is 0 Å². The van der Waals surface area contributed by atoms with Crippen LogP contribution in [0.5, 0.6) is 11.5 Å². The SMILES string of the molecule is O=C(C(Sc1nnc(-c2ccc3c(c2)OCO3)o1)c1ccccc1)N1CCOCC1. The number of amides is 1. The molecule has 9 heteroatoms. The third-order valence-electron chi connectivity index (χ3n) is 4.89. The first kappa shape index (κ1) is 19.0. The minimum Gasteiger partial charge on any atom is -0.454 e. The zero-order valence-electron chi connectivity index (χ0n) is 16.0. The number of morpholine rings is 1. The van der Waals surface area contributed by atoms with Crippen LogP contribution in [-0.2, 0) is 9.53 Å². The Labute approximate surface area is 177 Å². The summed E-state index contributed by atoms with van der Waals surface area (Å²) in [7, 11) is 0. The van der Waals surface area contributed by atoms with Crippen LogP contribution < -0.4 is 9.47 Å². The standard InChI is InChI=1S/C21H19N3O5S/c25-20(24-8-10-26-11-9-24)18(14-4-2-1-3-5-14)30-21-23-22-19(29-21)15-6-7-16-17(12-15)28-13-27-16/h1-7,12,18H,8-11,13H2. The lowest BCUT2D eigenvalue weighted by molar-refractivity contribution is -0.134. The molecule has 1 saturated heterocycles. The van der Waals surface area contributed by atoms with Crippen molar-refractivity contribution in [1.29, 1.82) is 0 Å². The highest BCUT2D eigenvalue weighted by atomic mass is 32.2. The summed E-state index contributed by atoms with van der Waals surface area (Å²) in [5, 5.41) is 8.16. The monoisotopic (exact) mass is 425 g/mol. The molecule has 0 aliphatic carbocycles. The Kier molecular flexibility index (Phi) is 5.29. The van der Waals surface area contributed by atoms with Crippen LogP contribution >= 0.6 is 11.8 Å². The maximum absolute atomic E-state index is 13.2. The van der Waals surface area contributed by atoms with Gasteiger partial charge in [0.1, 0.15) is 5.25 Å². The number of hydrogen-bond acceptors (Lipinski definition) is 8. The number of benzene rings is 2. The number of fused-ring (bicyclic) bond motifs is 1. The van der Waals surface area contributed by atoms with Gasteiger partial charge in [-0.1, -0.05) is 30.3 Å². The predicted molar refractivity (Wildman–Crippen MR) is 108 cm³/mol. The molecule has 1 fully saturated rings. The van der Waals surface area contributed by atoms with E-state index < -0.39 is 5.25 Å². The van der Waals surface area contributed by atoms with Gasteiger partial charge < -0.3 is 23.5 Å². The number of ether oxygens (including phenoxy) is 3. The quantitative estimate of drug-likeness (QED) is 0.576. The van der Waals surface area contributed by atoms with Gasteiger partial charge in [0.25, 0.3) is 5.22 Å². The van der Waals surface area contributed by atoms with Gasteiger partial charge in [-0.05, 0) is 35.5 Å². The van der Waals surface area contributed by atoms with Gasteiger partial charge in [0.2, 0.25) is 18.6 Å². The second-order valence-corrected chi connectivity index (χ2v) is 7.84. The molecule has 3 aromatic rings. The van der Waals surface area contributed by atoms with Crippen LogP contribution in [0.1, 0.15) is 10.8 Å². The highest BCUT2D eigenvalue weighted by Crippen LogP contribution is 2.39. The highest BCUT2D eigenvalue weighted by Gasteiger charge is 2.30. The lowest BCUT2D eigenvalue weighted by Gasteiger charge is -2.29. The van der Waals surface area contributed by atoms with Crippen molar-refractivity contribution in [3.63, 3.8) is 0 Å². The molecule has 2 aliphatic heterocycles. The molecule has 1 amide bonds. The van der Waals surface area contributed by atoms with E-state index in [4.69, 9.17) is 18.6 Å². The van der Waals surface area contributed by atoms with E-state index in [0.29, 0.717) is 48.9 Å². The normalized spacial score (nSPS) is 16.5. The van der Waals surface area contributed by atoms with Crippen molar-refractivity contribution in [2.45, 2.75) is 10.5 Å². The van der Waals surface area contributed by atoms with E-state index in [2.05, 4.69) is 10.2 Å². The van der Waals surface area contributed by atoms with E-state index in [9.17, 15) is 4.79 Å². The van der Waals surface area contributed by atoms with E-state index in [1.165, 1.54) is 11.8 Å². The number of carbonyl (C=O) groups excluding carboxylic acids is 1. The molecular formula is C21H19N3O5S. The molecule has 0 bridgehead atoms. The molecule has 0 spiro atoms. The number of rotatable bonds is 5. The van der Waals surface area contributed by atoms with Crippen molar-refractivity contribution in [3.8, 4) is 23.0 Å². The van der Waals surface area contributed by atoms with Crippen LogP contribution in [-0.4, -0.2) is 54.1 Å². The number of nitrogens with zero attached hydrogens (tertiary/aromatic N) is 3. The summed E-state index contributed by atoms with van der Waals surface area (Å²) in [6, 6.07) is 15.1. The van der Waals surface area contributed by atoms with E-state index in [1.807, 2.05) is 47.4 Å². The number of carbonyl (C=O) groups is 1.